The molecule has 0 unspecified atom stereocenters. The number of carboxylic acid groups (broad SMARTS) is 2. The summed E-state index contributed by atoms with van der Waals surface area (Å²) in [6.07, 6.45) is 0.465. The van der Waals surface area contributed by atoms with Gasteiger partial charge in [-0.1, -0.05) is 6.58 Å². The number of nitrogens with zero attached hydrogens (tertiary/aromatic N) is 2. The standard InChI is InChI=1S/C23H38N8O9/c1-12(2)28-13(5-3-7-26-23(24)25)19(36)27-10-17(33)29-14(9-18(34)35)20(37)30-15(11-32)21(38)31-8-4-6-16(31)22(39)40/h13-16,28,32H,1,3-11H2,2H3,(H,27,36)(H,29,33)(H,30,37)(H,34,35)(H,39,40)(H4,24,25,26)/t13-,14-,15-,16-/m0/s1. The second-order valence-corrected chi connectivity index (χ2v) is 9.13. The number of nitrogens with one attached hydrogen (secondary N) is 4. The maximum atomic E-state index is 12.8. The molecule has 1 aliphatic heterocycles. The van der Waals surface area contributed by atoms with Gasteiger partial charge in [-0.15, -0.1) is 0 Å². The fourth-order valence-electron chi connectivity index (χ4n) is 3.93. The van der Waals surface area contributed by atoms with Crippen molar-refractivity contribution in [1.29, 1.82) is 0 Å². The summed E-state index contributed by atoms with van der Waals surface area (Å²) in [7, 11) is 0. The molecule has 224 valence electrons. The molecule has 0 aromatic rings. The van der Waals surface area contributed by atoms with Crippen LogP contribution >= 0.6 is 0 Å². The van der Waals surface area contributed by atoms with Gasteiger partial charge in [0, 0.05) is 18.8 Å². The SMILES string of the molecule is C=C(C)N[C@@H](CCCN=C(N)N)C(=O)NCC(=O)N[C@@H](CC(=O)O)C(=O)N[C@@H](CO)C(=O)N1CCC[C@H]1C(=O)O. The number of aliphatic hydroxyl groups is 1. The third-order valence-electron chi connectivity index (χ3n) is 5.75. The van der Waals surface area contributed by atoms with Crippen molar-refractivity contribution in [1.82, 2.24) is 26.2 Å². The largest absolute Gasteiger partial charge is 0.481 e. The summed E-state index contributed by atoms with van der Waals surface area (Å²) in [5.74, 6) is -6.21. The van der Waals surface area contributed by atoms with Gasteiger partial charge in [-0.2, -0.15) is 0 Å². The highest BCUT2D eigenvalue weighted by Crippen LogP contribution is 2.18. The molecule has 4 atom stereocenters. The second kappa shape index (κ2) is 16.5. The van der Waals surface area contributed by atoms with Crippen LogP contribution in [0.25, 0.3) is 0 Å². The lowest BCUT2D eigenvalue weighted by Gasteiger charge is -2.27. The van der Waals surface area contributed by atoms with Crippen molar-refractivity contribution in [2.45, 2.75) is 63.2 Å². The average molecular weight is 571 g/mol. The summed E-state index contributed by atoms with van der Waals surface area (Å²) >= 11 is 0. The molecule has 1 saturated heterocycles. The zero-order valence-corrected chi connectivity index (χ0v) is 22.2. The van der Waals surface area contributed by atoms with Crippen molar-refractivity contribution in [2.24, 2.45) is 16.5 Å². The lowest BCUT2D eigenvalue weighted by molar-refractivity contribution is -0.150. The van der Waals surface area contributed by atoms with Gasteiger partial charge in [0.2, 0.25) is 23.6 Å². The van der Waals surface area contributed by atoms with Crippen LogP contribution in [0.5, 0.6) is 0 Å². The number of nitrogens with two attached hydrogens (primary N) is 2. The molecule has 0 radical (unpaired) electrons. The van der Waals surface area contributed by atoms with E-state index in [0.717, 1.165) is 4.90 Å². The number of aliphatic hydroxyl groups excluding tert-OH is 1. The number of carboxylic acids is 2. The summed E-state index contributed by atoms with van der Waals surface area (Å²) in [5, 5.41) is 37.7. The van der Waals surface area contributed by atoms with E-state index in [2.05, 4.69) is 32.8 Å². The highest BCUT2D eigenvalue weighted by Gasteiger charge is 2.38. The number of carbonyl (C=O) groups is 6. The van der Waals surface area contributed by atoms with Crippen LogP contribution in [-0.2, 0) is 28.8 Å². The number of likely N-dealkylation sites (tertiary alicyclic amines) is 1. The minimum absolute atomic E-state index is 0.0966. The molecule has 1 aliphatic rings. The minimum atomic E-state index is -1.67. The van der Waals surface area contributed by atoms with Gasteiger partial charge in [0.05, 0.1) is 19.6 Å². The number of allylic oxidation sites excluding steroid dienone is 1. The van der Waals surface area contributed by atoms with E-state index >= 15 is 0 Å². The fraction of sp³-hybridized carbons (Fsp3) is 0.609. The highest BCUT2D eigenvalue weighted by atomic mass is 16.4. The van der Waals surface area contributed by atoms with Crippen molar-refractivity contribution in [3.05, 3.63) is 12.3 Å². The lowest BCUT2D eigenvalue weighted by Crippen LogP contribution is -2.58. The fourth-order valence-corrected chi connectivity index (χ4v) is 3.93. The summed E-state index contributed by atoms with van der Waals surface area (Å²) in [5.41, 5.74) is 11.0. The van der Waals surface area contributed by atoms with Crippen LogP contribution in [0.15, 0.2) is 17.3 Å². The number of rotatable bonds is 17. The molecule has 0 bridgehead atoms. The van der Waals surface area contributed by atoms with Crippen LogP contribution in [0.2, 0.25) is 0 Å². The molecule has 0 saturated carbocycles. The van der Waals surface area contributed by atoms with Gasteiger partial charge in [-0.05, 0) is 32.6 Å². The first-order valence-electron chi connectivity index (χ1n) is 12.5. The maximum absolute atomic E-state index is 12.8. The Morgan fingerprint density at radius 1 is 1.02 bits per heavy atom. The Morgan fingerprint density at radius 3 is 2.25 bits per heavy atom. The van der Waals surface area contributed by atoms with E-state index in [1.807, 2.05) is 0 Å². The highest BCUT2D eigenvalue weighted by molar-refractivity contribution is 5.96. The molecular weight excluding hydrogens is 532 g/mol. The van der Waals surface area contributed by atoms with Crippen molar-refractivity contribution in [3.8, 4) is 0 Å². The molecule has 0 aliphatic carbocycles. The predicted molar refractivity (Wildman–Crippen MR) is 140 cm³/mol. The summed E-state index contributed by atoms with van der Waals surface area (Å²) in [4.78, 5) is 78.1. The monoisotopic (exact) mass is 570 g/mol. The van der Waals surface area contributed by atoms with Crippen LogP contribution in [0, 0.1) is 0 Å². The lowest BCUT2D eigenvalue weighted by atomic mass is 10.1. The number of guanidine groups is 1. The summed E-state index contributed by atoms with van der Waals surface area (Å²) in [6.45, 7) is 4.19. The molecule has 1 heterocycles. The smallest absolute Gasteiger partial charge is 0.326 e. The van der Waals surface area contributed by atoms with E-state index in [9.17, 15) is 44.1 Å². The molecular formula is C23H38N8O9. The van der Waals surface area contributed by atoms with Gasteiger partial charge >= 0.3 is 11.9 Å². The normalized spacial score (nSPS) is 16.6. The van der Waals surface area contributed by atoms with Crippen molar-refractivity contribution < 1.29 is 44.1 Å². The molecule has 4 amide bonds. The first-order valence-corrected chi connectivity index (χ1v) is 12.5. The Labute approximate surface area is 230 Å². The molecule has 0 aromatic carbocycles. The van der Waals surface area contributed by atoms with Crippen LogP contribution < -0.4 is 32.7 Å². The number of aliphatic carboxylic acids is 2. The molecule has 40 heavy (non-hydrogen) atoms. The van der Waals surface area contributed by atoms with E-state index in [1.54, 1.807) is 6.92 Å². The van der Waals surface area contributed by atoms with E-state index < -0.39 is 79.3 Å². The number of amides is 4. The Balaban J connectivity index is 2.79. The number of carbonyl (C=O) groups excluding carboxylic acids is 4. The van der Waals surface area contributed by atoms with Gasteiger partial charge in [0.1, 0.15) is 24.2 Å². The van der Waals surface area contributed by atoms with Crippen LogP contribution in [0.3, 0.4) is 0 Å². The predicted octanol–water partition coefficient (Wildman–Crippen LogP) is -3.84. The molecule has 0 spiro atoms. The van der Waals surface area contributed by atoms with Gasteiger partial charge in [-0.25, -0.2) is 4.79 Å². The zero-order valence-electron chi connectivity index (χ0n) is 22.2. The second-order valence-electron chi connectivity index (χ2n) is 9.13. The van der Waals surface area contributed by atoms with Crippen molar-refractivity contribution in [3.63, 3.8) is 0 Å². The van der Waals surface area contributed by atoms with Gasteiger partial charge < -0.3 is 53.0 Å². The van der Waals surface area contributed by atoms with E-state index in [1.165, 1.54) is 0 Å². The van der Waals surface area contributed by atoms with E-state index in [4.69, 9.17) is 11.5 Å². The topological polar surface area (TPSA) is 279 Å². The molecule has 1 rings (SSSR count). The molecule has 17 heteroatoms. The number of aliphatic imine (C=N–C) groups is 1. The Hall–Kier alpha value is -4.41. The first-order chi connectivity index (χ1) is 18.8. The van der Waals surface area contributed by atoms with Gasteiger partial charge in [0.25, 0.3) is 0 Å². The number of hydrogen-bond donors (Lipinski definition) is 9. The Kier molecular flexibility index (Phi) is 13.9. The summed E-state index contributed by atoms with van der Waals surface area (Å²) < 4.78 is 0. The maximum Gasteiger partial charge on any atom is 0.326 e. The van der Waals surface area contributed by atoms with E-state index in [0.29, 0.717) is 18.5 Å². The Morgan fingerprint density at radius 2 is 1.70 bits per heavy atom. The molecule has 17 nitrogen and oxygen atoms in total. The number of hydrogen-bond acceptors (Lipinski definition) is 9. The zero-order chi connectivity index (χ0) is 30.4. The van der Waals surface area contributed by atoms with Crippen molar-refractivity contribution in [2.75, 3.05) is 26.2 Å². The molecule has 11 N–H and O–H groups in total. The average Bonchev–Trinajstić information content (AvgIpc) is 3.36. The van der Waals surface area contributed by atoms with E-state index in [-0.39, 0.29) is 31.9 Å². The van der Waals surface area contributed by atoms with Crippen molar-refractivity contribution >= 4 is 41.5 Å². The van der Waals surface area contributed by atoms with Crippen LogP contribution in [0.4, 0.5) is 0 Å². The van der Waals surface area contributed by atoms with Gasteiger partial charge in [0.15, 0.2) is 5.96 Å². The van der Waals surface area contributed by atoms with Crippen LogP contribution in [-0.4, -0.2) is 112 Å². The third kappa shape index (κ3) is 11.5. The Bertz CT molecular complexity index is 999. The molecule has 0 aromatic heterocycles. The summed E-state index contributed by atoms with van der Waals surface area (Å²) in [6, 6.07) is -5.13. The van der Waals surface area contributed by atoms with Gasteiger partial charge in [-0.3, -0.25) is 29.0 Å². The minimum Gasteiger partial charge on any atom is -0.481 e. The van der Waals surface area contributed by atoms with Crippen LogP contribution in [0.1, 0.15) is 39.0 Å². The quantitative estimate of drug-likeness (QED) is 0.0462. The molecule has 1 fully saturated rings. The first kappa shape index (κ1) is 33.6. The third-order valence-corrected chi connectivity index (χ3v) is 5.75.